The van der Waals surface area contributed by atoms with Gasteiger partial charge in [0.15, 0.2) is 0 Å². The first-order valence-electron chi connectivity index (χ1n) is 11.2. The number of carbonyl (C=O) groups excluding carboxylic acids is 1. The summed E-state index contributed by atoms with van der Waals surface area (Å²) in [6.07, 6.45) is 0. The number of sulfonamides is 1. The molecule has 0 aromatic heterocycles. The Hall–Kier alpha value is -3.59. The van der Waals surface area contributed by atoms with Crippen molar-refractivity contribution >= 4 is 67.2 Å². The number of fused-ring (bicyclic) bond motifs is 1. The summed E-state index contributed by atoms with van der Waals surface area (Å²) in [6, 6.07) is 22.7. The molecule has 0 unspecified atom stereocenters. The molecule has 0 bridgehead atoms. The molecular weight excluding hydrogens is 535 g/mol. The second-order valence-electron chi connectivity index (χ2n) is 8.07. The van der Waals surface area contributed by atoms with Crippen LogP contribution in [-0.4, -0.2) is 38.5 Å². The van der Waals surface area contributed by atoms with Crippen molar-refractivity contribution in [1.82, 2.24) is 0 Å². The molecule has 0 aliphatic carbocycles. The number of carbonyl (C=O) groups is 2. The fourth-order valence-corrected chi connectivity index (χ4v) is 6.28. The molecule has 0 fully saturated rings. The number of halogens is 2. The van der Waals surface area contributed by atoms with Crippen molar-refractivity contribution < 1.29 is 23.1 Å². The van der Waals surface area contributed by atoms with Crippen LogP contribution in [0.25, 0.3) is 10.8 Å². The predicted octanol–water partition coefficient (Wildman–Crippen LogP) is 6.09. The minimum Gasteiger partial charge on any atom is -0.480 e. The van der Waals surface area contributed by atoms with E-state index in [1.54, 1.807) is 35.2 Å². The molecule has 0 aliphatic heterocycles. The van der Waals surface area contributed by atoms with Crippen LogP contribution in [0.4, 0.5) is 11.4 Å². The van der Waals surface area contributed by atoms with E-state index < -0.39 is 22.5 Å². The number of para-hydroxylation sites is 1. The van der Waals surface area contributed by atoms with Gasteiger partial charge in [-0.05, 0) is 54.8 Å². The molecule has 4 aromatic rings. The zero-order valence-corrected chi connectivity index (χ0v) is 22.0. The smallest absolute Gasteiger partial charge is 0.324 e. The highest BCUT2D eigenvalue weighted by Crippen LogP contribution is 2.34. The van der Waals surface area contributed by atoms with Gasteiger partial charge in [-0.2, -0.15) is 0 Å². The maximum Gasteiger partial charge on any atom is 0.324 e. The van der Waals surface area contributed by atoms with Gasteiger partial charge in [0.1, 0.15) is 6.54 Å². The normalized spacial score (nSPS) is 11.3. The number of benzene rings is 4. The summed E-state index contributed by atoms with van der Waals surface area (Å²) in [5.74, 6) is -1.63. The average molecular weight is 557 g/mol. The van der Waals surface area contributed by atoms with E-state index in [0.29, 0.717) is 22.9 Å². The van der Waals surface area contributed by atoms with Gasteiger partial charge in [0.2, 0.25) is 0 Å². The third-order valence-electron chi connectivity index (χ3n) is 5.73. The number of carboxylic acids is 1. The Morgan fingerprint density at radius 3 is 2.08 bits per heavy atom. The third kappa shape index (κ3) is 5.41. The van der Waals surface area contributed by atoms with Crippen molar-refractivity contribution in [3.05, 3.63) is 101 Å². The lowest BCUT2D eigenvalue weighted by atomic mass is 10.0. The summed E-state index contributed by atoms with van der Waals surface area (Å²) >= 11 is 12.1. The molecule has 0 radical (unpaired) electrons. The van der Waals surface area contributed by atoms with Gasteiger partial charge in [-0.1, -0.05) is 65.7 Å². The Labute approximate surface area is 224 Å². The summed E-state index contributed by atoms with van der Waals surface area (Å²) < 4.78 is 28.1. The molecule has 0 saturated heterocycles. The largest absolute Gasteiger partial charge is 0.480 e. The van der Waals surface area contributed by atoms with Crippen molar-refractivity contribution in [2.75, 3.05) is 22.3 Å². The van der Waals surface area contributed by atoms with Crippen LogP contribution in [0.1, 0.15) is 17.3 Å². The fourth-order valence-electron chi connectivity index (χ4n) is 4.12. The highest BCUT2D eigenvalue weighted by molar-refractivity contribution is 7.92. The summed E-state index contributed by atoms with van der Waals surface area (Å²) in [5.41, 5.74) is 1.17. The summed E-state index contributed by atoms with van der Waals surface area (Å²) in [4.78, 5) is 26.7. The molecule has 0 spiro atoms. The monoisotopic (exact) mass is 556 g/mol. The van der Waals surface area contributed by atoms with E-state index >= 15 is 0 Å². The number of aliphatic carboxylic acids is 1. The Bertz CT molecular complexity index is 1570. The fraction of sp³-hybridized carbons (Fsp3) is 0.111. The minimum atomic E-state index is -4.39. The van der Waals surface area contributed by atoms with Gasteiger partial charge in [0.05, 0.1) is 10.6 Å². The second kappa shape index (κ2) is 10.8. The van der Waals surface area contributed by atoms with Crippen LogP contribution in [-0.2, 0) is 14.8 Å². The first-order valence-corrected chi connectivity index (χ1v) is 13.4. The van der Waals surface area contributed by atoms with Gasteiger partial charge in [-0.25, -0.2) is 8.42 Å². The van der Waals surface area contributed by atoms with Gasteiger partial charge >= 0.3 is 5.97 Å². The number of hydrogen-bond acceptors (Lipinski definition) is 4. The molecule has 4 rings (SSSR count). The highest BCUT2D eigenvalue weighted by atomic mass is 35.5. The van der Waals surface area contributed by atoms with Crippen LogP contribution in [0.5, 0.6) is 0 Å². The lowest BCUT2D eigenvalue weighted by molar-refractivity contribution is -0.135. The SMILES string of the molecule is CCN(C(=O)c1cccc2c(N(CC(=O)O)S(=O)(=O)c3cc(Cl)cc(Cl)c3)cccc12)c1ccccc1. The van der Waals surface area contributed by atoms with Crippen molar-refractivity contribution in [3.8, 4) is 0 Å². The molecule has 37 heavy (non-hydrogen) atoms. The molecule has 1 N–H and O–H groups in total. The lowest BCUT2D eigenvalue weighted by Crippen LogP contribution is -2.36. The number of hydrogen-bond donors (Lipinski definition) is 1. The van der Waals surface area contributed by atoms with E-state index in [1.807, 2.05) is 37.3 Å². The Balaban J connectivity index is 1.89. The second-order valence-corrected chi connectivity index (χ2v) is 10.8. The van der Waals surface area contributed by atoms with E-state index in [9.17, 15) is 23.1 Å². The van der Waals surface area contributed by atoms with Crippen LogP contribution in [0.3, 0.4) is 0 Å². The number of carboxylic acid groups (broad SMARTS) is 1. The topological polar surface area (TPSA) is 95.0 Å². The number of anilines is 2. The van der Waals surface area contributed by atoms with E-state index in [4.69, 9.17) is 23.2 Å². The lowest BCUT2D eigenvalue weighted by Gasteiger charge is -2.25. The first-order chi connectivity index (χ1) is 17.6. The molecule has 190 valence electrons. The Kier molecular flexibility index (Phi) is 7.73. The number of nitrogens with zero attached hydrogens (tertiary/aromatic N) is 2. The zero-order valence-electron chi connectivity index (χ0n) is 19.6. The van der Waals surface area contributed by atoms with Gasteiger partial charge < -0.3 is 10.0 Å². The summed E-state index contributed by atoms with van der Waals surface area (Å²) in [5, 5.41) is 10.7. The Morgan fingerprint density at radius 1 is 0.838 bits per heavy atom. The van der Waals surface area contributed by atoms with Crippen LogP contribution in [0.15, 0.2) is 89.8 Å². The maximum atomic E-state index is 13.6. The van der Waals surface area contributed by atoms with Crippen molar-refractivity contribution in [3.63, 3.8) is 0 Å². The van der Waals surface area contributed by atoms with E-state index in [0.717, 1.165) is 9.99 Å². The zero-order chi connectivity index (χ0) is 26.7. The molecule has 0 saturated carbocycles. The standard InChI is InChI=1S/C27H22Cl2N2O5S/c1-2-30(20-8-4-3-5-9-20)27(34)24-12-6-11-23-22(24)10-7-13-25(23)31(17-26(32)33)37(35,36)21-15-18(28)14-19(29)16-21/h3-16H,2,17H2,1H3,(H,32,33). The van der Waals surface area contributed by atoms with Crippen LogP contribution >= 0.6 is 23.2 Å². The van der Waals surface area contributed by atoms with Crippen molar-refractivity contribution in [2.24, 2.45) is 0 Å². The summed E-state index contributed by atoms with van der Waals surface area (Å²) in [7, 11) is -4.39. The average Bonchev–Trinajstić information content (AvgIpc) is 2.87. The van der Waals surface area contributed by atoms with E-state index in [1.165, 1.54) is 24.3 Å². The quantitative estimate of drug-likeness (QED) is 0.283. The van der Waals surface area contributed by atoms with Crippen LogP contribution in [0.2, 0.25) is 10.0 Å². The van der Waals surface area contributed by atoms with Crippen LogP contribution < -0.4 is 9.21 Å². The molecule has 10 heteroatoms. The van der Waals surface area contributed by atoms with Crippen molar-refractivity contribution in [2.45, 2.75) is 11.8 Å². The minimum absolute atomic E-state index is 0.0905. The molecule has 7 nitrogen and oxygen atoms in total. The molecular formula is C27H22Cl2N2O5S. The molecule has 0 atom stereocenters. The first kappa shape index (κ1) is 26.5. The van der Waals surface area contributed by atoms with Gasteiger partial charge in [-0.15, -0.1) is 0 Å². The van der Waals surface area contributed by atoms with Gasteiger partial charge in [-0.3, -0.25) is 13.9 Å². The highest BCUT2D eigenvalue weighted by Gasteiger charge is 2.30. The number of amides is 1. The van der Waals surface area contributed by atoms with Gasteiger partial charge in [0, 0.05) is 33.2 Å². The molecule has 0 heterocycles. The molecule has 4 aromatic carbocycles. The predicted molar refractivity (Wildman–Crippen MR) is 146 cm³/mol. The number of rotatable bonds is 8. The Morgan fingerprint density at radius 2 is 1.46 bits per heavy atom. The summed E-state index contributed by atoms with van der Waals surface area (Å²) in [6.45, 7) is 1.42. The van der Waals surface area contributed by atoms with E-state index in [-0.39, 0.29) is 26.5 Å². The van der Waals surface area contributed by atoms with Crippen molar-refractivity contribution in [1.29, 1.82) is 0 Å². The third-order valence-corrected chi connectivity index (χ3v) is 7.90. The molecule has 1 amide bonds. The van der Waals surface area contributed by atoms with E-state index in [2.05, 4.69) is 0 Å². The molecule has 0 aliphatic rings. The van der Waals surface area contributed by atoms with Gasteiger partial charge in [0.25, 0.3) is 15.9 Å². The van der Waals surface area contributed by atoms with Crippen LogP contribution in [0, 0.1) is 0 Å². The maximum absolute atomic E-state index is 13.6.